The second kappa shape index (κ2) is 7.61. The van der Waals surface area contributed by atoms with Gasteiger partial charge in [0.05, 0.1) is 23.7 Å². The highest BCUT2D eigenvalue weighted by atomic mass is 35.5. The number of amides is 1. The molecule has 2 fully saturated rings. The lowest BCUT2D eigenvalue weighted by Crippen LogP contribution is -2.56. The lowest BCUT2D eigenvalue weighted by molar-refractivity contribution is -0.139. The van der Waals surface area contributed by atoms with E-state index in [4.69, 9.17) is 11.6 Å². The zero-order valence-electron chi connectivity index (χ0n) is 14.7. The van der Waals surface area contributed by atoms with Gasteiger partial charge in [0, 0.05) is 51.0 Å². The number of piperidine rings is 2. The van der Waals surface area contributed by atoms with E-state index in [0.29, 0.717) is 29.3 Å². The minimum Gasteiger partial charge on any atom is -0.340 e. The van der Waals surface area contributed by atoms with E-state index >= 15 is 0 Å². The topological polar surface area (TPSA) is 67.2 Å². The number of imidazole rings is 1. The first-order chi connectivity index (χ1) is 12.7. The van der Waals surface area contributed by atoms with Crippen molar-refractivity contribution in [3.05, 3.63) is 36.1 Å². The number of aryl methyl sites for hydroxylation is 1. The molecule has 2 aliphatic rings. The molecule has 0 aliphatic carbocycles. The Morgan fingerprint density at radius 3 is 2.81 bits per heavy atom. The maximum Gasteiger partial charge on any atom is 0.225 e. The van der Waals surface area contributed by atoms with E-state index < -0.39 is 0 Å². The number of aromatic nitrogens is 4. The first kappa shape index (κ1) is 17.3. The second-order valence-electron chi connectivity index (χ2n) is 7.04. The predicted octanol–water partition coefficient (Wildman–Crippen LogP) is 2.23. The Hall–Kier alpha value is -2.15. The quantitative estimate of drug-likeness (QED) is 0.802. The molecule has 0 bridgehead atoms. The van der Waals surface area contributed by atoms with Gasteiger partial charge in [-0.1, -0.05) is 11.6 Å². The van der Waals surface area contributed by atoms with Gasteiger partial charge in [0.2, 0.25) is 11.9 Å². The van der Waals surface area contributed by atoms with Gasteiger partial charge in [-0.2, -0.15) is 0 Å². The van der Waals surface area contributed by atoms with Crippen LogP contribution in [0.1, 0.15) is 25.7 Å². The third kappa shape index (κ3) is 3.67. The Morgan fingerprint density at radius 1 is 1.19 bits per heavy atom. The van der Waals surface area contributed by atoms with Gasteiger partial charge in [0.25, 0.3) is 0 Å². The number of nitrogens with zero attached hydrogens (tertiary/aromatic N) is 6. The number of likely N-dealkylation sites (tertiary alicyclic amines) is 1. The largest absolute Gasteiger partial charge is 0.340 e. The molecular weight excluding hydrogens is 352 g/mol. The molecule has 4 heterocycles. The minimum absolute atomic E-state index is 0.299. The molecule has 0 N–H and O–H groups in total. The van der Waals surface area contributed by atoms with Gasteiger partial charge in [0.15, 0.2) is 0 Å². The van der Waals surface area contributed by atoms with Crippen molar-refractivity contribution < 1.29 is 4.79 Å². The molecular formula is C18H23ClN6O. The Balaban J connectivity index is 1.37. The van der Waals surface area contributed by atoms with Crippen LogP contribution in [0.4, 0.5) is 5.95 Å². The van der Waals surface area contributed by atoms with Gasteiger partial charge in [0.1, 0.15) is 0 Å². The monoisotopic (exact) mass is 374 g/mol. The van der Waals surface area contributed by atoms with E-state index in [0.717, 1.165) is 51.4 Å². The highest BCUT2D eigenvalue weighted by Gasteiger charge is 2.39. The molecule has 2 aromatic heterocycles. The van der Waals surface area contributed by atoms with Crippen molar-refractivity contribution in [2.45, 2.75) is 38.3 Å². The fourth-order valence-electron chi connectivity index (χ4n) is 4.13. The summed E-state index contributed by atoms with van der Waals surface area (Å²) in [6.07, 6.45) is 12.4. The van der Waals surface area contributed by atoms with Crippen LogP contribution < -0.4 is 4.90 Å². The Labute approximate surface area is 158 Å². The van der Waals surface area contributed by atoms with Crippen LogP contribution in [0.3, 0.4) is 0 Å². The van der Waals surface area contributed by atoms with Crippen LogP contribution in [0, 0.1) is 5.92 Å². The molecule has 1 amide bonds. The van der Waals surface area contributed by atoms with Crippen LogP contribution in [0.2, 0.25) is 5.02 Å². The van der Waals surface area contributed by atoms with Crippen molar-refractivity contribution in [1.29, 1.82) is 0 Å². The fraction of sp³-hybridized carbons (Fsp3) is 0.556. The Kier molecular flexibility index (Phi) is 5.06. The Bertz CT molecular complexity index is 735. The van der Waals surface area contributed by atoms with E-state index in [1.54, 1.807) is 18.6 Å². The van der Waals surface area contributed by atoms with Crippen LogP contribution in [-0.2, 0) is 11.3 Å². The van der Waals surface area contributed by atoms with E-state index in [1.165, 1.54) is 0 Å². The molecule has 0 unspecified atom stereocenters. The van der Waals surface area contributed by atoms with Crippen molar-refractivity contribution in [3.8, 4) is 0 Å². The first-order valence-corrected chi connectivity index (χ1v) is 9.56. The third-order valence-corrected chi connectivity index (χ3v) is 5.60. The summed E-state index contributed by atoms with van der Waals surface area (Å²) in [6, 6.07) is 0.336. The summed E-state index contributed by atoms with van der Waals surface area (Å²) < 4.78 is 2.06. The van der Waals surface area contributed by atoms with E-state index in [9.17, 15) is 4.79 Å². The molecule has 2 aromatic rings. The number of hydrogen-bond acceptors (Lipinski definition) is 5. The highest BCUT2D eigenvalue weighted by molar-refractivity contribution is 6.30. The number of hydrogen-bond donors (Lipinski definition) is 0. The van der Waals surface area contributed by atoms with Gasteiger partial charge in [-0.25, -0.2) is 15.0 Å². The molecule has 0 spiro atoms. The zero-order valence-corrected chi connectivity index (χ0v) is 15.4. The third-order valence-electron chi connectivity index (χ3n) is 5.41. The molecule has 4 rings (SSSR count). The van der Waals surface area contributed by atoms with Crippen molar-refractivity contribution in [1.82, 2.24) is 24.4 Å². The van der Waals surface area contributed by atoms with Crippen molar-refractivity contribution >= 4 is 23.5 Å². The lowest BCUT2D eigenvalue weighted by atomic mass is 9.83. The fourth-order valence-corrected chi connectivity index (χ4v) is 4.23. The summed E-state index contributed by atoms with van der Waals surface area (Å²) in [7, 11) is 0. The zero-order chi connectivity index (χ0) is 17.9. The number of carbonyl (C=O) groups excluding carboxylic acids is 1. The summed E-state index contributed by atoms with van der Waals surface area (Å²) in [5.74, 6) is 1.51. The number of rotatable bonds is 5. The normalized spacial score (nSPS) is 23.2. The van der Waals surface area contributed by atoms with Crippen LogP contribution in [0.25, 0.3) is 0 Å². The van der Waals surface area contributed by atoms with Gasteiger partial charge in [-0.05, 0) is 25.2 Å². The first-order valence-electron chi connectivity index (χ1n) is 9.18. The molecule has 8 heteroatoms. The lowest BCUT2D eigenvalue weighted by Gasteiger charge is -2.47. The molecule has 2 atom stereocenters. The van der Waals surface area contributed by atoms with Crippen molar-refractivity contribution in [2.24, 2.45) is 5.92 Å². The van der Waals surface area contributed by atoms with Crippen LogP contribution in [0.15, 0.2) is 31.1 Å². The summed E-state index contributed by atoms with van der Waals surface area (Å²) in [5.41, 5.74) is 0. The molecule has 7 nitrogen and oxygen atoms in total. The van der Waals surface area contributed by atoms with Gasteiger partial charge < -0.3 is 14.4 Å². The average Bonchev–Trinajstić information content (AvgIpc) is 3.17. The molecule has 0 saturated carbocycles. The predicted molar refractivity (Wildman–Crippen MR) is 98.9 cm³/mol. The van der Waals surface area contributed by atoms with Gasteiger partial charge in [-0.15, -0.1) is 0 Å². The molecule has 2 aliphatic heterocycles. The van der Waals surface area contributed by atoms with Crippen LogP contribution >= 0.6 is 11.6 Å². The van der Waals surface area contributed by atoms with Gasteiger partial charge >= 0.3 is 0 Å². The second-order valence-corrected chi connectivity index (χ2v) is 7.48. The average molecular weight is 375 g/mol. The summed E-state index contributed by atoms with van der Waals surface area (Å²) in [4.78, 5) is 29.6. The van der Waals surface area contributed by atoms with E-state index in [2.05, 4.69) is 29.3 Å². The summed E-state index contributed by atoms with van der Waals surface area (Å²) in [5, 5.41) is 0.552. The number of carbonyl (C=O) groups is 1. The van der Waals surface area contributed by atoms with Crippen molar-refractivity contribution in [3.63, 3.8) is 0 Å². The number of anilines is 1. The summed E-state index contributed by atoms with van der Waals surface area (Å²) in [6.45, 7) is 3.48. The SMILES string of the molecule is O=C1CC[C@@H]2CN(c3ncc(Cl)cn3)CC[C@@H]2N1CCCn1ccnc1. The van der Waals surface area contributed by atoms with Crippen molar-refractivity contribution in [2.75, 3.05) is 24.5 Å². The molecule has 0 radical (unpaired) electrons. The summed E-state index contributed by atoms with van der Waals surface area (Å²) >= 11 is 5.89. The smallest absolute Gasteiger partial charge is 0.225 e. The standard InChI is InChI=1S/C18H23ClN6O/c19-15-10-21-18(22-11-15)24-8-4-16-14(12-24)2-3-17(26)25(16)7-1-6-23-9-5-20-13-23/h5,9-11,13-14,16H,1-4,6-8,12H2/t14-,16+/m1/s1. The van der Waals surface area contributed by atoms with Gasteiger partial charge in [-0.3, -0.25) is 4.79 Å². The molecule has 138 valence electrons. The maximum absolute atomic E-state index is 12.5. The maximum atomic E-state index is 12.5. The molecule has 0 aromatic carbocycles. The number of fused-ring (bicyclic) bond motifs is 1. The van der Waals surface area contributed by atoms with E-state index in [1.807, 2.05) is 12.5 Å². The molecule has 26 heavy (non-hydrogen) atoms. The highest BCUT2D eigenvalue weighted by Crippen LogP contribution is 2.32. The minimum atomic E-state index is 0.299. The number of halogens is 1. The van der Waals surface area contributed by atoms with Crippen LogP contribution in [0.5, 0.6) is 0 Å². The van der Waals surface area contributed by atoms with Crippen LogP contribution in [-0.4, -0.2) is 56.0 Å². The van der Waals surface area contributed by atoms with E-state index in [-0.39, 0.29) is 0 Å². The molecule has 2 saturated heterocycles. The Morgan fingerprint density at radius 2 is 2.04 bits per heavy atom.